The lowest BCUT2D eigenvalue weighted by molar-refractivity contribution is -0.133. The number of ether oxygens (including phenoxy) is 1. The lowest BCUT2D eigenvalue weighted by Crippen LogP contribution is -2.41. The van der Waals surface area contributed by atoms with E-state index < -0.39 is 16.0 Å². The first-order chi connectivity index (χ1) is 15.7. The van der Waals surface area contributed by atoms with Gasteiger partial charge in [0.2, 0.25) is 11.9 Å². The lowest BCUT2D eigenvalue weighted by Gasteiger charge is -2.29. The normalized spacial score (nSPS) is 13.2. The van der Waals surface area contributed by atoms with Gasteiger partial charge in [0.1, 0.15) is 6.54 Å². The van der Waals surface area contributed by atoms with Crippen molar-refractivity contribution < 1.29 is 22.7 Å². The number of anilines is 3. The summed E-state index contributed by atoms with van der Waals surface area (Å²) < 4.78 is 32.7. The first kappa shape index (κ1) is 22.2. The number of esters is 1. The second kappa shape index (κ2) is 8.87. The molecule has 1 aromatic heterocycles. The molecular formula is C22H21N5O5S. The third kappa shape index (κ3) is 5.26. The molecule has 0 saturated heterocycles. The van der Waals surface area contributed by atoms with E-state index in [0.29, 0.717) is 22.8 Å². The summed E-state index contributed by atoms with van der Waals surface area (Å²) >= 11 is 0. The molecule has 33 heavy (non-hydrogen) atoms. The van der Waals surface area contributed by atoms with Crippen LogP contribution < -0.4 is 19.7 Å². The highest BCUT2D eigenvalue weighted by molar-refractivity contribution is 7.92. The van der Waals surface area contributed by atoms with Crippen LogP contribution in [0.15, 0.2) is 59.6 Å². The van der Waals surface area contributed by atoms with Crippen molar-refractivity contribution in [1.82, 2.24) is 9.97 Å². The SMILES string of the molecule is Cc1ccc2c(c1)N(CC(=O)Nc1ccc(S(=O)(=O)Nc3nccc(C)n3)cc1)CC(=O)O2. The van der Waals surface area contributed by atoms with Crippen LogP contribution in [0.3, 0.4) is 0 Å². The molecule has 2 aromatic carbocycles. The van der Waals surface area contributed by atoms with Gasteiger partial charge < -0.3 is 15.0 Å². The summed E-state index contributed by atoms with van der Waals surface area (Å²) in [6, 6.07) is 12.7. The Kier molecular flexibility index (Phi) is 5.97. The Balaban J connectivity index is 1.43. The highest BCUT2D eigenvalue weighted by atomic mass is 32.2. The molecular weight excluding hydrogens is 446 g/mol. The molecule has 1 amide bonds. The molecule has 170 valence electrons. The summed E-state index contributed by atoms with van der Waals surface area (Å²) in [6.07, 6.45) is 1.46. The molecule has 0 saturated carbocycles. The summed E-state index contributed by atoms with van der Waals surface area (Å²) in [5.41, 5.74) is 2.67. The number of fused-ring (bicyclic) bond motifs is 1. The second-order valence-corrected chi connectivity index (χ2v) is 9.18. The van der Waals surface area contributed by atoms with E-state index in [9.17, 15) is 18.0 Å². The third-order valence-corrected chi connectivity index (χ3v) is 6.15. The molecule has 11 heteroatoms. The van der Waals surface area contributed by atoms with Crippen molar-refractivity contribution in [2.45, 2.75) is 18.7 Å². The molecule has 2 N–H and O–H groups in total. The second-order valence-electron chi connectivity index (χ2n) is 7.50. The van der Waals surface area contributed by atoms with Crippen molar-refractivity contribution >= 4 is 39.2 Å². The number of nitrogens with zero attached hydrogens (tertiary/aromatic N) is 3. The van der Waals surface area contributed by atoms with Crippen LogP contribution in [0.4, 0.5) is 17.3 Å². The van der Waals surface area contributed by atoms with Crippen molar-refractivity contribution in [3.8, 4) is 5.75 Å². The van der Waals surface area contributed by atoms with Gasteiger partial charge >= 0.3 is 5.97 Å². The molecule has 0 spiro atoms. The van der Waals surface area contributed by atoms with Gasteiger partial charge in [-0.15, -0.1) is 0 Å². The molecule has 0 atom stereocenters. The number of carbonyl (C=O) groups is 2. The van der Waals surface area contributed by atoms with Crippen LogP contribution >= 0.6 is 0 Å². The van der Waals surface area contributed by atoms with Gasteiger partial charge in [-0.2, -0.15) is 0 Å². The maximum atomic E-state index is 12.6. The highest BCUT2D eigenvalue weighted by Crippen LogP contribution is 2.32. The predicted octanol–water partition coefficient (Wildman–Crippen LogP) is 2.26. The Morgan fingerprint density at radius 2 is 1.88 bits per heavy atom. The molecule has 3 aromatic rings. The fourth-order valence-corrected chi connectivity index (χ4v) is 4.22. The summed E-state index contributed by atoms with van der Waals surface area (Å²) in [6.45, 7) is 3.51. The van der Waals surface area contributed by atoms with Crippen molar-refractivity contribution in [2.75, 3.05) is 28.0 Å². The smallest absolute Gasteiger partial charge is 0.331 e. The summed E-state index contributed by atoms with van der Waals surface area (Å²) in [4.78, 5) is 34.0. The zero-order chi connectivity index (χ0) is 23.6. The fourth-order valence-electron chi connectivity index (χ4n) is 3.27. The monoisotopic (exact) mass is 467 g/mol. The number of hydrogen-bond donors (Lipinski definition) is 2. The number of aromatic nitrogens is 2. The van der Waals surface area contributed by atoms with Gasteiger partial charge in [0, 0.05) is 17.6 Å². The number of rotatable bonds is 6. The van der Waals surface area contributed by atoms with E-state index in [1.807, 2.05) is 19.1 Å². The van der Waals surface area contributed by atoms with E-state index in [2.05, 4.69) is 20.0 Å². The minimum absolute atomic E-state index is 0.00576. The molecule has 10 nitrogen and oxygen atoms in total. The minimum Gasteiger partial charge on any atom is -0.423 e. The topological polar surface area (TPSA) is 131 Å². The van der Waals surface area contributed by atoms with Gasteiger partial charge in [0.25, 0.3) is 10.0 Å². The first-order valence-corrected chi connectivity index (χ1v) is 11.5. The number of carbonyl (C=O) groups excluding carboxylic acids is 2. The van der Waals surface area contributed by atoms with E-state index in [4.69, 9.17) is 4.74 Å². The van der Waals surface area contributed by atoms with Crippen LogP contribution in [0.25, 0.3) is 0 Å². The van der Waals surface area contributed by atoms with E-state index in [-0.39, 0.29) is 29.8 Å². The summed E-state index contributed by atoms with van der Waals surface area (Å²) in [5.74, 6) is -0.426. The quantitative estimate of drug-likeness (QED) is 0.417. The van der Waals surface area contributed by atoms with Gasteiger partial charge in [-0.3, -0.25) is 4.79 Å². The molecule has 4 rings (SSSR count). The number of nitrogens with one attached hydrogen (secondary N) is 2. The largest absolute Gasteiger partial charge is 0.423 e. The maximum absolute atomic E-state index is 12.6. The summed E-state index contributed by atoms with van der Waals surface area (Å²) in [7, 11) is -3.89. The lowest BCUT2D eigenvalue weighted by atomic mass is 10.1. The van der Waals surface area contributed by atoms with Gasteiger partial charge in [0.05, 0.1) is 17.1 Å². The number of sulfonamides is 1. The highest BCUT2D eigenvalue weighted by Gasteiger charge is 2.26. The van der Waals surface area contributed by atoms with Gasteiger partial charge in [-0.1, -0.05) is 6.07 Å². The van der Waals surface area contributed by atoms with Crippen LogP contribution in [0.2, 0.25) is 0 Å². The van der Waals surface area contributed by atoms with E-state index in [1.165, 1.54) is 30.5 Å². The van der Waals surface area contributed by atoms with Crippen molar-refractivity contribution in [2.24, 2.45) is 0 Å². The number of hydrogen-bond acceptors (Lipinski definition) is 8. The van der Waals surface area contributed by atoms with Gasteiger partial charge in [0.15, 0.2) is 5.75 Å². The fraction of sp³-hybridized carbons (Fsp3) is 0.182. The zero-order valence-corrected chi connectivity index (χ0v) is 18.7. The molecule has 1 aliphatic heterocycles. The maximum Gasteiger partial charge on any atom is 0.331 e. The number of aryl methyl sites for hydroxylation is 2. The standard InChI is InChI=1S/C22H21N5O5S/c1-14-3-8-19-18(11-14)27(13-21(29)32-19)12-20(28)25-16-4-6-17(7-5-16)33(30,31)26-22-23-10-9-15(2)24-22/h3-11H,12-13H2,1-2H3,(H,25,28)(H,23,24,26). The predicted molar refractivity (Wildman–Crippen MR) is 122 cm³/mol. The Bertz CT molecular complexity index is 1330. The van der Waals surface area contributed by atoms with Crippen LogP contribution in [0.5, 0.6) is 5.75 Å². The van der Waals surface area contributed by atoms with Gasteiger partial charge in [-0.05, 0) is 61.9 Å². The molecule has 2 heterocycles. The van der Waals surface area contributed by atoms with E-state index in [0.717, 1.165) is 5.56 Å². The third-order valence-electron chi connectivity index (χ3n) is 4.80. The number of benzene rings is 2. The average Bonchev–Trinajstić information content (AvgIpc) is 2.74. The first-order valence-electron chi connectivity index (χ1n) is 9.98. The molecule has 0 unspecified atom stereocenters. The average molecular weight is 468 g/mol. The van der Waals surface area contributed by atoms with E-state index >= 15 is 0 Å². The molecule has 1 aliphatic rings. The van der Waals surface area contributed by atoms with Crippen LogP contribution in [0.1, 0.15) is 11.3 Å². The van der Waals surface area contributed by atoms with Crippen molar-refractivity contribution in [1.29, 1.82) is 0 Å². The van der Waals surface area contributed by atoms with Crippen LogP contribution in [-0.2, 0) is 19.6 Å². The van der Waals surface area contributed by atoms with E-state index in [1.54, 1.807) is 24.0 Å². The molecule has 0 bridgehead atoms. The van der Waals surface area contributed by atoms with Crippen molar-refractivity contribution in [3.63, 3.8) is 0 Å². The minimum atomic E-state index is -3.89. The number of amides is 1. The van der Waals surface area contributed by atoms with Gasteiger partial charge in [-0.25, -0.2) is 27.9 Å². The Morgan fingerprint density at radius 1 is 1.12 bits per heavy atom. The van der Waals surface area contributed by atoms with Crippen LogP contribution in [0, 0.1) is 13.8 Å². The zero-order valence-electron chi connectivity index (χ0n) is 17.9. The summed E-state index contributed by atoms with van der Waals surface area (Å²) in [5, 5.41) is 2.71. The van der Waals surface area contributed by atoms with Crippen molar-refractivity contribution in [3.05, 3.63) is 66.0 Å². The molecule has 0 fully saturated rings. The molecule has 0 radical (unpaired) electrons. The Hall–Kier alpha value is -3.99. The molecule has 0 aliphatic carbocycles. The van der Waals surface area contributed by atoms with Crippen LogP contribution in [-0.4, -0.2) is 43.4 Å². The Morgan fingerprint density at radius 3 is 2.61 bits per heavy atom. The Labute approximate surface area is 190 Å².